The molecular formula is C26H25N5O2. The van der Waals surface area contributed by atoms with E-state index in [9.17, 15) is 9.59 Å². The van der Waals surface area contributed by atoms with E-state index in [0.29, 0.717) is 30.3 Å². The van der Waals surface area contributed by atoms with Gasteiger partial charge < -0.3 is 15.0 Å². The zero-order chi connectivity index (χ0) is 22.9. The molecule has 0 spiro atoms. The molecule has 3 aromatic heterocycles. The number of hydrogen-bond acceptors (Lipinski definition) is 4. The van der Waals surface area contributed by atoms with Crippen LogP contribution in [0.15, 0.2) is 67.1 Å². The number of likely N-dealkylation sites (tertiary alicyclic amines) is 1. The summed E-state index contributed by atoms with van der Waals surface area (Å²) in [7, 11) is 0. The fourth-order valence-corrected chi connectivity index (χ4v) is 4.40. The molecule has 4 aromatic rings. The molecule has 1 aliphatic rings. The second-order valence-corrected chi connectivity index (χ2v) is 8.58. The molecule has 2 N–H and O–H groups in total. The molecule has 166 valence electrons. The lowest BCUT2D eigenvalue weighted by Gasteiger charge is -2.31. The van der Waals surface area contributed by atoms with E-state index in [4.69, 9.17) is 5.73 Å². The third-order valence-electron chi connectivity index (χ3n) is 6.30. The molecule has 0 atom stereocenters. The molecule has 0 bridgehead atoms. The molecule has 4 heterocycles. The summed E-state index contributed by atoms with van der Waals surface area (Å²) in [5.41, 5.74) is 11.1. The Labute approximate surface area is 191 Å². The van der Waals surface area contributed by atoms with E-state index in [1.807, 2.05) is 65.0 Å². The molecule has 2 amide bonds. The van der Waals surface area contributed by atoms with Crippen LogP contribution in [-0.2, 0) is 0 Å². The molecule has 1 aliphatic heterocycles. The van der Waals surface area contributed by atoms with Gasteiger partial charge in [0.05, 0.1) is 0 Å². The summed E-state index contributed by atoms with van der Waals surface area (Å²) in [5, 5.41) is 0. The average molecular weight is 440 g/mol. The number of imidazole rings is 1. The van der Waals surface area contributed by atoms with E-state index in [1.165, 1.54) is 0 Å². The van der Waals surface area contributed by atoms with Gasteiger partial charge in [-0.2, -0.15) is 0 Å². The lowest BCUT2D eigenvalue weighted by Crippen LogP contribution is -2.38. The van der Waals surface area contributed by atoms with Gasteiger partial charge >= 0.3 is 0 Å². The highest BCUT2D eigenvalue weighted by molar-refractivity contribution is 5.94. The number of pyridine rings is 2. The molecule has 0 aliphatic carbocycles. The minimum atomic E-state index is -0.443. The number of fused-ring (bicyclic) bond motifs is 1. The van der Waals surface area contributed by atoms with E-state index in [-0.39, 0.29) is 5.91 Å². The van der Waals surface area contributed by atoms with Gasteiger partial charge in [-0.05, 0) is 61.2 Å². The second kappa shape index (κ2) is 8.50. The first-order chi connectivity index (χ1) is 16.0. The average Bonchev–Trinajstić information content (AvgIpc) is 3.27. The van der Waals surface area contributed by atoms with Crippen molar-refractivity contribution < 1.29 is 9.59 Å². The lowest BCUT2D eigenvalue weighted by molar-refractivity contribution is 0.0706. The standard InChI is InChI=1S/C26H25N5O2/c1-17-7-10-31-16-23(29-24(31)13-17)26(33)30-11-8-18(9-12-30)22-6-5-21(15-28-22)19-3-2-4-20(14-19)25(27)32/h2-7,10,13-16,18H,8-9,11-12H2,1H3,(H2,27,32). The summed E-state index contributed by atoms with van der Waals surface area (Å²) < 4.78 is 1.89. The van der Waals surface area contributed by atoms with Gasteiger partial charge in [-0.1, -0.05) is 18.2 Å². The highest BCUT2D eigenvalue weighted by Gasteiger charge is 2.26. The fraction of sp³-hybridized carbons (Fsp3) is 0.231. The van der Waals surface area contributed by atoms with Crippen molar-refractivity contribution in [3.63, 3.8) is 0 Å². The molecule has 33 heavy (non-hydrogen) atoms. The number of nitrogens with two attached hydrogens (primary N) is 1. The fourth-order valence-electron chi connectivity index (χ4n) is 4.40. The number of nitrogens with zero attached hydrogens (tertiary/aromatic N) is 4. The van der Waals surface area contributed by atoms with Crippen molar-refractivity contribution >= 4 is 17.5 Å². The predicted octanol–water partition coefficient (Wildman–Crippen LogP) is 3.82. The second-order valence-electron chi connectivity index (χ2n) is 8.58. The van der Waals surface area contributed by atoms with Gasteiger partial charge in [0.25, 0.3) is 5.91 Å². The molecule has 0 saturated carbocycles. The van der Waals surface area contributed by atoms with E-state index in [1.54, 1.807) is 18.3 Å². The zero-order valence-electron chi connectivity index (χ0n) is 18.4. The summed E-state index contributed by atoms with van der Waals surface area (Å²) in [6.45, 7) is 3.38. The topological polar surface area (TPSA) is 93.6 Å². The molecule has 7 heteroatoms. The first-order valence-corrected chi connectivity index (χ1v) is 11.1. The van der Waals surface area contributed by atoms with Gasteiger partial charge in [-0.25, -0.2) is 4.98 Å². The SMILES string of the molecule is Cc1ccn2cc(C(=O)N3CCC(c4ccc(-c5cccc(C(N)=O)c5)cn4)CC3)nc2c1. The minimum Gasteiger partial charge on any atom is -0.366 e. The number of carbonyl (C=O) groups is 2. The monoisotopic (exact) mass is 439 g/mol. The third kappa shape index (κ3) is 4.22. The Morgan fingerprint density at radius 2 is 1.85 bits per heavy atom. The Balaban J connectivity index is 1.24. The number of benzene rings is 1. The van der Waals surface area contributed by atoms with Crippen LogP contribution in [0.25, 0.3) is 16.8 Å². The van der Waals surface area contributed by atoms with Crippen LogP contribution in [0.4, 0.5) is 0 Å². The van der Waals surface area contributed by atoms with Crippen LogP contribution < -0.4 is 5.73 Å². The third-order valence-corrected chi connectivity index (χ3v) is 6.30. The van der Waals surface area contributed by atoms with Crippen molar-refractivity contribution in [1.82, 2.24) is 19.3 Å². The van der Waals surface area contributed by atoms with Crippen LogP contribution >= 0.6 is 0 Å². The highest BCUT2D eigenvalue weighted by Crippen LogP contribution is 2.29. The van der Waals surface area contributed by atoms with Gasteiger partial charge in [-0.3, -0.25) is 14.6 Å². The van der Waals surface area contributed by atoms with Crippen LogP contribution in [0.3, 0.4) is 0 Å². The van der Waals surface area contributed by atoms with Crippen molar-refractivity contribution in [3.8, 4) is 11.1 Å². The number of hydrogen-bond donors (Lipinski definition) is 1. The number of amides is 2. The molecule has 5 rings (SSSR count). The molecular weight excluding hydrogens is 414 g/mol. The maximum absolute atomic E-state index is 13.0. The first-order valence-electron chi connectivity index (χ1n) is 11.1. The number of rotatable bonds is 4. The van der Waals surface area contributed by atoms with Gasteiger partial charge in [0.1, 0.15) is 11.3 Å². The first kappa shape index (κ1) is 20.9. The van der Waals surface area contributed by atoms with Gasteiger partial charge in [0.2, 0.25) is 5.91 Å². The number of primary amides is 1. The summed E-state index contributed by atoms with van der Waals surface area (Å²) in [6.07, 6.45) is 7.30. The van der Waals surface area contributed by atoms with Crippen LogP contribution in [0.1, 0.15) is 50.9 Å². The van der Waals surface area contributed by atoms with Crippen molar-refractivity contribution in [2.45, 2.75) is 25.7 Å². The van der Waals surface area contributed by atoms with E-state index >= 15 is 0 Å². The molecule has 1 saturated heterocycles. The summed E-state index contributed by atoms with van der Waals surface area (Å²) in [5.74, 6) is -0.155. The summed E-state index contributed by atoms with van der Waals surface area (Å²) in [6, 6.07) is 15.3. The number of piperidine rings is 1. The number of aromatic nitrogens is 3. The molecule has 1 fully saturated rings. The van der Waals surface area contributed by atoms with Crippen LogP contribution in [0, 0.1) is 6.92 Å². The van der Waals surface area contributed by atoms with Crippen molar-refractivity contribution in [1.29, 1.82) is 0 Å². The largest absolute Gasteiger partial charge is 0.366 e. The maximum Gasteiger partial charge on any atom is 0.274 e. The van der Waals surface area contributed by atoms with Crippen LogP contribution in [0.5, 0.6) is 0 Å². The van der Waals surface area contributed by atoms with E-state index in [2.05, 4.69) is 9.97 Å². The molecule has 7 nitrogen and oxygen atoms in total. The van der Waals surface area contributed by atoms with Gasteiger partial charge in [0, 0.05) is 54.4 Å². The molecule has 0 unspecified atom stereocenters. The van der Waals surface area contributed by atoms with E-state index in [0.717, 1.165) is 40.9 Å². The molecule has 0 radical (unpaired) electrons. The van der Waals surface area contributed by atoms with Crippen molar-refractivity contribution in [2.75, 3.05) is 13.1 Å². The van der Waals surface area contributed by atoms with Gasteiger partial charge in [-0.15, -0.1) is 0 Å². The Bertz CT molecular complexity index is 1330. The van der Waals surface area contributed by atoms with Crippen LogP contribution in [-0.4, -0.2) is 44.2 Å². The number of aryl methyl sites for hydroxylation is 1. The lowest BCUT2D eigenvalue weighted by atomic mass is 9.92. The minimum absolute atomic E-state index is 0.0209. The highest BCUT2D eigenvalue weighted by atomic mass is 16.2. The Hall–Kier alpha value is -4.00. The smallest absolute Gasteiger partial charge is 0.274 e. The number of carbonyl (C=O) groups excluding carboxylic acids is 2. The summed E-state index contributed by atoms with van der Waals surface area (Å²) in [4.78, 5) is 35.5. The van der Waals surface area contributed by atoms with Gasteiger partial charge in [0.15, 0.2) is 0 Å². The quantitative estimate of drug-likeness (QED) is 0.523. The Morgan fingerprint density at radius 1 is 1.03 bits per heavy atom. The van der Waals surface area contributed by atoms with Crippen LogP contribution in [0.2, 0.25) is 0 Å². The zero-order valence-corrected chi connectivity index (χ0v) is 18.4. The van der Waals surface area contributed by atoms with Crippen molar-refractivity contribution in [3.05, 3.63) is 89.6 Å². The normalized spacial score (nSPS) is 14.5. The van der Waals surface area contributed by atoms with Crippen molar-refractivity contribution in [2.24, 2.45) is 5.73 Å². The summed E-state index contributed by atoms with van der Waals surface area (Å²) >= 11 is 0. The Morgan fingerprint density at radius 3 is 2.58 bits per heavy atom. The molecule has 1 aromatic carbocycles. The predicted molar refractivity (Wildman–Crippen MR) is 126 cm³/mol. The Kier molecular flexibility index (Phi) is 5.38. The maximum atomic E-state index is 13.0. The van der Waals surface area contributed by atoms with E-state index < -0.39 is 5.91 Å².